The van der Waals surface area contributed by atoms with Crippen LogP contribution in [0.2, 0.25) is 0 Å². The Hall–Kier alpha value is -5.45. The molecule has 3 heterocycles. The maximum absolute atomic E-state index is 14.2. The maximum atomic E-state index is 14.2. The van der Waals surface area contributed by atoms with Crippen LogP contribution in [0.25, 0.3) is 10.9 Å². The number of carboxylic acid groups (broad SMARTS) is 1. The Labute approximate surface area is 239 Å². The highest BCUT2D eigenvalue weighted by Gasteiger charge is 2.53. The van der Waals surface area contributed by atoms with Crippen LogP contribution in [0.3, 0.4) is 0 Å². The van der Waals surface area contributed by atoms with E-state index < -0.39 is 54.3 Å². The molecule has 5 amide bonds. The maximum Gasteiger partial charge on any atom is 0.332 e. The zero-order chi connectivity index (χ0) is 29.7. The normalized spacial score (nSPS) is 18.5. The molecule has 0 bridgehead atoms. The number of H-pyrrole nitrogens is 1. The number of hydrogen-bond acceptors (Lipinski definition) is 5. The molecule has 0 radical (unpaired) electrons. The van der Waals surface area contributed by atoms with Gasteiger partial charge in [-0.05, 0) is 36.2 Å². The van der Waals surface area contributed by atoms with E-state index in [1.165, 1.54) is 18.2 Å². The molecule has 11 heteroatoms. The number of benzene rings is 3. The molecule has 42 heavy (non-hydrogen) atoms. The Bertz CT molecular complexity index is 1780. The number of carbonyl (C=O) groups is 5. The predicted octanol–water partition coefficient (Wildman–Crippen LogP) is 3.02. The summed E-state index contributed by atoms with van der Waals surface area (Å²) in [5, 5.41) is 12.7. The fourth-order valence-electron chi connectivity index (χ4n) is 5.89. The van der Waals surface area contributed by atoms with Crippen LogP contribution >= 0.6 is 0 Å². The van der Waals surface area contributed by atoms with Gasteiger partial charge in [-0.3, -0.25) is 19.3 Å². The van der Waals surface area contributed by atoms with Crippen molar-refractivity contribution in [3.05, 3.63) is 101 Å². The van der Waals surface area contributed by atoms with E-state index in [9.17, 15) is 29.1 Å². The summed E-state index contributed by atoms with van der Waals surface area (Å²) in [7, 11) is 0. The average molecular weight is 566 g/mol. The molecule has 1 aromatic heterocycles. The number of imide groups is 1. The number of aromatic amines is 1. The van der Waals surface area contributed by atoms with Gasteiger partial charge in [0, 0.05) is 23.0 Å². The number of fused-ring (bicyclic) bond motifs is 4. The van der Waals surface area contributed by atoms with Crippen molar-refractivity contribution in [3.8, 4) is 0 Å². The van der Waals surface area contributed by atoms with Gasteiger partial charge in [-0.2, -0.15) is 0 Å². The summed E-state index contributed by atoms with van der Waals surface area (Å²) >= 11 is 0. The molecule has 212 valence electrons. The van der Waals surface area contributed by atoms with Gasteiger partial charge >= 0.3 is 12.0 Å². The van der Waals surface area contributed by atoms with E-state index in [2.05, 4.69) is 10.3 Å². The molecule has 1 saturated heterocycles. The number of aryl methyl sites for hydroxylation is 1. The first-order valence-corrected chi connectivity index (χ1v) is 13.4. The lowest BCUT2D eigenvalue weighted by Gasteiger charge is -2.36. The minimum absolute atomic E-state index is 0.0128. The average Bonchev–Trinajstić information content (AvgIpc) is 3.46. The summed E-state index contributed by atoms with van der Waals surface area (Å²) in [5.41, 5.74) is 9.61. The summed E-state index contributed by atoms with van der Waals surface area (Å²) in [6, 6.07) is 17.9. The molecule has 0 unspecified atom stereocenters. The summed E-state index contributed by atoms with van der Waals surface area (Å²) in [5.74, 6) is -3.72. The van der Waals surface area contributed by atoms with E-state index in [0.29, 0.717) is 0 Å². The molecule has 3 aromatic carbocycles. The lowest BCUT2D eigenvalue weighted by Crippen LogP contribution is -2.44. The predicted molar refractivity (Wildman–Crippen MR) is 153 cm³/mol. The Morgan fingerprint density at radius 3 is 2.43 bits per heavy atom. The molecule has 5 N–H and O–H groups in total. The second kappa shape index (κ2) is 10.2. The molecule has 2 aliphatic rings. The number of nitrogens with zero attached hydrogens (tertiary/aromatic N) is 2. The number of para-hydroxylation sites is 2. The fourth-order valence-corrected chi connectivity index (χ4v) is 5.89. The first-order chi connectivity index (χ1) is 20.2. The van der Waals surface area contributed by atoms with E-state index in [1.54, 1.807) is 11.0 Å². The topological polar surface area (TPSA) is 166 Å². The molecule has 6 rings (SSSR count). The number of carbonyl (C=O) groups excluding carboxylic acids is 4. The van der Waals surface area contributed by atoms with E-state index in [4.69, 9.17) is 5.73 Å². The van der Waals surface area contributed by atoms with Crippen LogP contribution in [0.5, 0.6) is 0 Å². The Morgan fingerprint density at radius 1 is 1.02 bits per heavy atom. The minimum atomic E-state index is -1.58. The van der Waals surface area contributed by atoms with Gasteiger partial charge in [0.25, 0.3) is 11.8 Å². The number of anilines is 1. The standard InChI is InChI=1S/C31H27N5O6/c1-16-10-12-17(13-11-16)27-26-20(18-6-2-4-8-21(18)33-26)14-24-29(39)36(31(42)35(24)27)23-9-5-3-7-19(23)28(38)34-22(30(40)41)15-25(32)37/h2-13,22,24,27,33H,14-15H2,1H3,(H2,32,37)(H,34,38)(H,40,41)/t22-,24-,27+/m0/s1. The van der Waals surface area contributed by atoms with Gasteiger partial charge in [-0.1, -0.05) is 60.2 Å². The van der Waals surface area contributed by atoms with Crippen LogP contribution in [-0.2, 0) is 20.8 Å². The van der Waals surface area contributed by atoms with Crippen LogP contribution < -0.4 is 16.0 Å². The van der Waals surface area contributed by atoms with Gasteiger partial charge in [0.15, 0.2) is 0 Å². The molecule has 0 aliphatic carbocycles. The van der Waals surface area contributed by atoms with Crippen molar-refractivity contribution in [3.63, 3.8) is 0 Å². The molecule has 4 aromatic rings. The quantitative estimate of drug-likeness (QED) is 0.252. The third-order valence-corrected chi connectivity index (χ3v) is 7.84. The number of aromatic nitrogens is 1. The van der Waals surface area contributed by atoms with Crippen LogP contribution in [0, 0.1) is 6.92 Å². The van der Waals surface area contributed by atoms with Gasteiger partial charge in [-0.15, -0.1) is 0 Å². The minimum Gasteiger partial charge on any atom is -0.480 e. The van der Waals surface area contributed by atoms with Crippen molar-refractivity contribution < 1.29 is 29.1 Å². The van der Waals surface area contributed by atoms with Crippen molar-refractivity contribution in [2.45, 2.75) is 37.9 Å². The molecule has 11 nitrogen and oxygen atoms in total. The number of aliphatic carboxylic acids is 1. The third-order valence-electron chi connectivity index (χ3n) is 7.84. The second-order valence-corrected chi connectivity index (χ2v) is 10.5. The molecule has 1 fully saturated rings. The van der Waals surface area contributed by atoms with Crippen molar-refractivity contribution in [2.75, 3.05) is 4.90 Å². The first kappa shape index (κ1) is 26.8. The summed E-state index contributed by atoms with van der Waals surface area (Å²) in [6.45, 7) is 1.97. The van der Waals surface area contributed by atoms with Gasteiger partial charge in [0.2, 0.25) is 5.91 Å². The molecule has 2 aliphatic heterocycles. The number of primary amides is 1. The molecular formula is C31H27N5O6. The van der Waals surface area contributed by atoms with Gasteiger partial charge in [0.05, 0.1) is 17.7 Å². The smallest absolute Gasteiger partial charge is 0.332 e. The zero-order valence-electron chi connectivity index (χ0n) is 22.5. The van der Waals surface area contributed by atoms with Crippen molar-refractivity contribution in [1.82, 2.24) is 15.2 Å². The zero-order valence-corrected chi connectivity index (χ0v) is 22.5. The van der Waals surface area contributed by atoms with Gasteiger partial charge < -0.3 is 21.1 Å². The van der Waals surface area contributed by atoms with E-state index in [0.717, 1.165) is 38.2 Å². The van der Waals surface area contributed by atoms with Crippen molar-refractivity contribution in [2.24, 2.45) is 5.73 Å². The summed E-state index contributed by atoms with van der Waals surface area (Å²) in [6.07, 6.45) is -0.346. The van der Waals surface area contributed by atoms with Crippen LogP contribution in [0.1, 0.15) is 45.2 Å². The van der Waals surface area contributed by atoms with E-state index >= 15 is 0 Å². The lowest BCUT2D eigenvalue weighted by atomic mass is 9.88. The van der Waals surface area contributed by atoms with Crippen LogP contribution in [0.4, 0.5) is 10.5 Å². The van der Waals surface area contributed by atoms with E-state index in [1.807, 2.05) is 55.5 Å². The highest BCUT2D eigenvalue weighted by Crippen LogP contribution is 2.45. The van der Waals surface area contributed by atoms with Crippen molar-refractivity contribution in [1.29, 1.82) is 0 Å². The number of carboxylic acids is 1. The highest BCUT2D eigenvalue weighted by atomic mass is 16.4. The number of nitrogens with two attached hydrogens (primary N) is 1. The molecular weight excluding hydrogens is 538 g/mol. The Kier molecular flexibility index (Phi) is 6.49. The number of amides is 5. The third kappa shape index (κ3) is 4.35. The fraction of sp³-hybridized carbons (Fsp3) is 0.194. The van der Waals surface area contributed by atoms with Crippen LogP contribution in [0.15, 0.2) is 72.8 Å². The van der Waals surface area contributed by atoms with E-state index in [-0.39, 0.29) is 17.7 Å². The van der Waals surface area contributed by atoms with Gasteiger partial charge in [-0.25, -0.2) is 14.5 Å². The SMILES string of the molecule is Cc1ccc([C@@H]2c3[nH]c4ccccc4c3C[C@H]3C(=O)N(c4ccccc4C(=O)N[C@@H](CC(N)=O)C(=O)O)C(=O)N23)cc1. The Balaban J connectivity index is 1.42. The molecule has 0 spiro atoms. The second-order valence-electron chi connectivity index (χ2n) is 10.5. The van der Waals surface area contributed by atoms with Crippen molar-refractivity contribution >= 4 is 46.3 Å². The number of nitrogens with one attached hydrogen (secondary N) is 2. The summed E-state index contributed by atoms with van der Waals surface area (Å²) < 4.78 is 0. The monoisotopic (exact) mass is 565 g/mol. The number of urea groups is 1. The first-order valence-electron chi connectivity index (χ1n) is 13.4. The van der Waals surface area contributed by atoms with Gasteiger partial charge in [0.1, 0.15) is 18.1 Å². The highest BCUT2D eigenvalue weighted by molar-refractivity contribution is 6.24. The number of hydrogen-bond donors (Lipinski definition) is 4. The lowest BCUT2D eigenvalue weighted by molar-refractivity contribution is -0.141. The largest absolute Gasteiger partial charge is 0.480 e. The van der Waals surface area contributed by atoms with Crippen LogP contribution in [-0.4, -0.2) is 56.8 Å². The number of rotatable bonds is 7. The molecule has 0 saturated carbocycles. The summed E-state index contributed by atoms with van der Waals surface area (Å²) in [4.78, 5) is 70.5. The Morgan fingerprint density at radius 2 is 1.71 bits per heavy atom. The molecule has 3 atom stereocenters.